The minimum absolute atomic E-state index is 0.171. The summed E-state index contributed by atoms with van der Waals surface area (Å²) in [4.78, 5) is 8.85. The minimum atomic E-state index is -0.171. The van der Waals surface area contributed by atoms with Gasteiger partial charge in [0.05, 0.1) is 5.71 Å². The van der Waals surface area contributed by atoms with Crippen LogP contribution in [0.25, 0.3) is 0 Å². The van der Waals surface area contributed by atoms with Gasteiger partial charge in [0.2, 0.25) is 0 Å². The van der Waals surface area contributed by atoms with Gasteiger partial charge in [-0.05, 0) is 19.1 Å². The molecular formula is C13H17BrN4. The number of halogens is 1. The van der Waals surface area contributed by atoms with Gasteiger partial charge < -0.3 is 5.43 Å². The van der Waals surface area contributed by atoms with E-state index >= 15 is 0 Å². The van der Waals surface area contributed by atoms with E-state index in [2.05, 4.69) is 44.5 Å². The van der Waals surface area contributed by atoms with Crippen molar-refractivity contribution in [2.75, 3.05) is 7.05 Å². The minimum Gasteiger partial charge on any atom is -0.301 e. The molecule has 0 bridgehead atoms. The Morgan fingerprint density at radius 1 is 1.56 bits per heavy atom. The lowest BCUT2D eigenvalue weighted by molar-refractivity contribution is 0.292. The van der Waals surface area contributed by atoms with Gasteiger partial charge in [0.15, 0.2) is 6.17 Å². The fraction of sp³-hybridized carbons (Fsp3) is 0.231. The Hall–Kier alpha value is -1.46. The average molecular weight is 309 g/mol. The number of rotatable bonds is 5. The number of allylic oxidation sites excluding steroid dienone is 3. The molecule has 0 aliphatic carbocycles. The number of aliphatic imine (C=N–C) groups is 2. The monoisotopic (exact) mass is 308 g/mol. The van der Waals surface area contributed by atoms with Crippen LogP contribution in [0.4, 0.5) is 0 Å². The molecule has 18 heavy (non-hydrogen) atoms. The SMILES string of the molecule is C=C/C=C\C1=NC(C(C=C)=N/C=C(\C)Br)N(C)N1. The first kappa shape index (κ1) is 14.6. The van der Waals surface area contributed by atoms with E-state index in [9.17, 15) is 0 Å². The van der Waals surface area contributed by atoms with Crippen LogP contribution in [0.5, 0.6) is 0 Å². The van der Waals surface area contributed by atoms with Crippen LogP contribution in [0, 0.1) is 0 Å². The number of nitrogens with one attached hydrogen (secondary N) is 1. The molecule has 0 amide bonds. The van der Waals surface area contributed by atoms with E-state index < -0.39 is 0 Å². The second-order valence-electron chi connectivity index (χ2n) is 3.68. The van der Waals surface area contributed by atoms with Crippen molar-refractivity contribution in [2.24, 2.45) is 9.98 Å². The summed E-state index contributed by atoms with van der Waals surface area (Å²) < 4.78 is 0.950. The summed E-state index contributed by atoms with van der Waals surface area (Å²) in [5.41, 5.74) is 3.91. The first-order chi connectivity index (χ1) is 8.58. The number of nitrogens with zero attached hydrogens (tertiary/aromatic N) is 3. The van der Waals surface area contributed by atoms with Gasteiger partial charge in [-0.1, -0.05) is 41.2 Å². The third-order valence-corrected chi connectivity index (χ3v) is 2.38. The van der Waals surface area contributed by atoms with Crippen LogP contribution < -0.4 is 5.43 Å². The topological polar surface area (TPSA) is 40.0 Å². The second kappa shape index (κ2) is 7.08. The fourth-order valence-corrected chi connectivity index (χ4v) is 1.48. The molecule has 0 radical (unpaired) electrons. The Morgan fingerprint density at radius 2 is 2.28 bits per heavy atom. The molecule has 1 aliphatic rings. The van der Waals surface area contributed by atoms with E-state index in [1.54, 1.807) is 18.4 Å². The maximum absolute atomic E-state index is 4.51. The van der Waals surface area contributed by atoms with Gasteiger partial charge in [0.1, 0.15) is 5.84 Å². The molecule has 5 heteroatoms. The molecular weight excluding hydrogens is 292 g/mol. The molecule has 0 aromatic heterocycles. The molecule has 0 fully saturated rings. The average Bonchev–Trinajstić information content (AvgIpc) is 2.69. The number of hydrogen-bond donors (Lipinski definition) is 1. The van der Waals surface area contributed by atoms with E-state index in [0.29, 0.717) is 0 Å². The second-order valence-corrected chi connectivity index (χ2v) is 4.93. The van der Waals surface area contributed by atoms with Crippen molar-refractivity contribution >= 4 is 27.5 Å². The van der Waals surface area contributed by atoms with Crippen LogP contribution in [-0.4, -0.2) is 29.8 Å². The zero-order chi connectivity index (χ0) is 13.5. The molecule has 1 unspecified atom stereocenters. The lowest BCUT2D eigenvalue weighted by atomic mass is 10.3. The largest absolute Gasteiger partial charge is 0.301 e. The van der Waals surface area contributed by atoms with Crippen molar-refractivity contribution in [1.82, 2.24) is 10.4 Å². The van der Waals surface area contributed by atoms with E-state index in [4.69, 9.17) is 0 Å². The highest BCUT2D eigenvalue weighted by Crippen LogP contribution is 2.09. The predicted molar refractivity (Wildman–Crippen MR) is 81.8 cm³/mol. The highest BCUT2D eigenvalue weighted by Gasteiger charge is 2.24. The first-order valence-electron chi connectivity index (χ1n) is 5.47. The Bertz CT molecular complexity index is 442. The van der Waals surface area contributed by atoms with Gasteiger partial charge >= 0.3 is 0 Å². The van der Waals surface area contributed by atoms with Gasteiger partial charge in [-0.25, -0.2) is 4.99 Å². The van der Waals surface area contributed by atoms with Crippen molar-refractivity contribution in [2.45, 2.75) is 13.1 Å². The smallest absolute Gasteiger partial charge is 0.163 e. The van der Waals surface area contributed by atoms with Crippen molar-refractivity contribution in [3.63, 3.8) is 0 Å². The summed E-state index contributed by atoms with van der Waals surface area (Å²) in [6.45, 7) is 9.31. The van der Waals surface area contributed by atoms with E-state index in [0.717, 1.165) is 16.0 Å². The van der Waals surface area contributed by atoms with Crippen LogP contribution in [0.15, 0.2) is 58.1 Å². The summed E-state index contributed by atoms with van der Waals surface area (Å²) in [7, 11) is 1.91. The summed E-state index contributed by atoms with van der Waals surface area (Å²) in [6.07, 6.45) is 8.66. The van der Waals surface area contributed by atoms with E-state index in [1.165, 1.54) is 0 Å². The van der Waals surface area contributed by atoms with Crippen LogP contribution >= 0.6 is 15.9 Å². The van der Waals surface area contributed by atoms with Crippen molar-refractivity contribution < 1.29 is 0 Å². The van der Waals surface area contributed by atoms with Crippen LogP contribution in [0.3, 0.4) is 0 Å². The van der Waals surface area contributed by atoms with Gasteiger partial charge in [-0.2, -0.15) is 5.01 Å². The molecule has 1 aliphatic heterocycles. The third kappa shape index (κ3) is 4.09. The van der Waals surface area contributed by atoms with E-state index in [1.807, 2.05) is 31.1 Å². The standard InChI is InChI=1S/C13H17BrN4/c1-5-7-8-12-16-13(18(4)17-12)11(6-2)15-9-10(3)14/h5-9,13H,1-2H2,3-4H3,(H,16,17)/b8-7-,10-9+,15-11?. The molecule has 1 N–H and O–H groups in total. The maximum atomic E-state index is 4.51. The molecule has 0 spiro atoms. The van der Waals surface area contributed by atoms with E-state index in [-0.39, 0.29) is 6.17 Å². The lowest BCUT2D eigenvalue weighted by Gasteiger charge is -2.17. The van der Waals surface area contributed by atoms with Crippen LogP contribution in [0.2, 0.25) is 0 Å². The van der Waals surface area contributed by atoms with Crippen molar-refractivity contribution in [1.29, 1.82) is 0 Å². The number of hydrogen-bond acceptors (Lipinski definition) is 4. The summed E-state index contributed by atoms with van der Waals surface area (Å²) in [5.74, 6) is 0.775. The lowest BCUT2D eigenvalue weighted by Crippen LogP contribution is -2.40. The van der Waals surface area contributed by atoms with Gasteiger partial charge in [0.25, 0.3) is 0 Å². The Balaban J connectivity index is 2.93. The number of hydrazine groups is 1. The van der Waals surface area contributed by atoms with Crippen LogP contribution in [-0.2, 0) is 0 Å². The predicted octanol–water partition coefficient (Wildman–Crippen LogP) is 2.79. The zero-order valence-corrected chi connectivity index (χ0v) is 12.2. The summed E-state index contributed by atoms with van der Waals surface area (Å²) >= 11 is 3.33. The maximum Gasteiger partial charge on any atom is 0.163 e. The molecule has 0 aromatic rings. The molecule has 1 rings (SSSR count). The van der Waals surface area contributed by atoms with Gasteiger partial charge in [0, 0.05) is 17.7 Å². The summed E-state index contributed by atoms with van der Waals surface area (Å²) in [6, 6.07) is 0. The Morgan fingerprint density at radius 3 is 2.83 bits per heavy atom. The van der Waals surface area contributed by atoms with Crippen molar-refractivity contribution in [3.05, 3.63) is 48.1 Å². The molecule has 96 valence electrons. The quantitative estimate of drug-likeness (QED) is 0.626. The highest BCUT2D eigenvalue weighted by atomic mass is 79.9. The molecule has 0 saturated heterocycles. The van der Waals surface area contributed by atoms with Crippen LogP contribution in [0.1, 0.15) is 6.92 Å². The Kier molecular flexibility index (Phi) is 5.74. The molecule has 1 atom stereocenters. The molecule has 0 saturated carbocycles. The summed E-state index contributed by atoms with van der Waals surface area (Å²) in [5, 5.41) is 1.88. The van der Waals surface area contributed by atoms with Gasteiger partial charge in [-0.15, -0.1) is 0 Å². The molecule has 4 nitrogen and oxygen atoms in total. The van der Waals surface area contributed by atoms with Crippen molar-refractivity contribution in [3.8, 4) is 0 Å². The highest BCUT2D eigenvalue weighted by molar-refractivity contribution is 9.11. The van der Waals surface area contributed by atoms with Gasteiger partial charge in [-0.3, -0.25) is 4.99 Å². The molecule has 0 aromatic carbocycles. The molecule has 1 heterocycles. The fourth-order valence-electron chi connectivity index (χ4n) is 1.38. The Labute approximate surface area is 116 Å². The zero-order valence-electron chi connectivity index (χ0n) is 10.6. The third-order valence-electron chi connectivity index (χ3n) is 2.17. The normalized spacial score (nSPS) is 21.9. The first-order valence-corrected chi connectivity index (χ1v) is 6.26. The number of amidine groups is 1.